The second-order valence-corrected chi connectivity index (χ2v) is 4.34. The Morgan fingerprint density at radius 2 is 2.00 bits per heavy atom. The predicted molar refractivity (Wildman–Crippen MR) is 60.5 cm³/mol. The Morgan fingerprint density at radius 3 is 2.50 bits per heavy atom. The summed E-state index contributed by atoms with van der Waals surface area (Å²) < 4.78 is 5.80. The molecule has 0 aromatic heterocycles. The normalized spacial score (nSPS) is 27.6. The van der Waals surface area contributed by atoms with Crippen LogP contribution in [0.25, 0.3) is 0 Å². The molecule has 0 radical (unpaired) electrons. The second kappa shape index (κ2) is 6.20. The number of nitrogens with one attached hydrogen (secondary N) is 1. The van der Waals surface area contributed by atoms with Gasteiger partial charge in [-0.2, -0.15) is 0 Å². The molecule has 0 aromatic carbocycles. The Kier molecular flexibility index (Phi) is 5.20. The van der Waals surface area contributed by atoms with Gasteiger partial charge >= 0.3 is 0 Å². The Hall–Kier alpha value is -0.340. The standard InChI is InChI=1S/C12H23NO/c1-10(2)8-9-14-12-6-4-11(13-3)5-7-12/h11-13H,1,4-9H2,2-3H3. The van der Waals surface area contributed by atoms with Crippen LogP contribution in [0.1, 0.15) is 39.0 Å². The quantitative estimate of drug-likeness (QED) is 0.684. The number of ether oxygens (including phenoxy) is 1. The molecule has 1 fully saturated rings. The van der Waals surface area contributed by atoms with Gasteiger partial charge in [-0.15, -0.1) is 6.58 Å². The van der Waals surface area contributed by atoms with Crippen molar-refractivity contribution in [1.82, 2.24) is 5.32 Å². The topological polar surface area (TPSA) is 21.3 Å². The van der Waals surface area contributed by atoms with E-state index in [1.54, 1.807) is 0 Å². The molecule has 2 heteroatoms. The van der Waals surface area contributed by atoms with E-state index in [9.17, 15) is 0 Å². The molecule has 1 aliphatic carbocycles. The molecule has 0 bridgehead atoms. The molecule has 2 nitrogen and oxygen atoms in total. The molecule has 14 heavy (non-hydrogen) atoms. The predicted octanol–water partition coefficient (Wildman–Crippen LogP) is 2.50. The van der Waals surface area contributed by atoms with Gasteiger partial charge in [0.05, 0.1) is 12.7 Å². The lowest BCUT2D eigenvalue weighted by Crippen LogP contribution is -2.33. The minimum atomic E-state index is 0.499. The molecule has 82 valence electrons. The maximum Gasteiger partial charge on any atom is 0.0576 e. The van der Waals surface area contributed by atoms with Gasteiger partial charge in [0.1, 0.15) is 0 Å². The summed E-state index contributed by atoms with van der Waals surface area (Å²) in [6, 6.07) is 0.719. The molecule has 1 N–H and O–H groups in total. The van der Waals surface area contributed by atoms with Crippen molar-refractivity contribution in [3.8, 4) is 0 Å². The van der Waals surface area contributed by atoms with Crippen LogP contribution in [0.2, 0.25) is 0 Å². The summed E-state index contributed by atoms with van der Waals surface area (Å²) in [5.74, 6) is 0. The van der Waals surface area contributed by atoms with Gasteiger partial charge in [-0.1, -0.05) is 5.57 Å². The third-order valence-electron chi connectivity index (χ3n) is 2.96. The Labute approximate surface area is 87.7 Å². The van der Waals surface area contributed by atoms with Crippen molar-refractivity contribution in [2.24, 2.45) is 0 Å². The molecule has 0 heterocycles. The van der Waals surface area contributed by atoms with Crippen LogP contribution in [0.4, 0.5) is 0 Å². The van der Waals surface area contributed by atoms with Crippen LogP contribution in [0, 0.1) is 0 Å². The van der Waals surface area contributed by atoms with Gasteiger partial charge in [-0.05, 0) is 46.1 Å². The zero-order chi connectivity index (χ0) is 10.4. The van der Waals surface area contributed by atoms with E-state index in [0.717, 1.165) is 19.1 Å². The van der Waals surface area contributed by atoms with Crippen molar-refractivity contribution in [3.05, 3.63) is 12.2 Å². The molecule has 0 unspecified atom stereocenters. The summed E-state index contributed by atoms with van der Waals surface area (Å²) >= 11 is 0. The summed E-state index contributed by atoms with van der Waals surface area (Å²) in [6.07, 6.45) is 6.44. The fourth-order valence-electron chi connectivity index (χ4n) is 1.92. The molecule has 0 aromatic rings. The Balaban J connectivity index is 2.07. The molecule has 1 aliphatic rings. The van der Waals surface area contributed by atoms with Gasteiger partial charge in [-0.3, -0.25) is 0 Å². The Morgan fingerprint density at radius 1 is 1.36 bits per heavy atom. The van der Waals surface area contributed by atoms with E-state index in [2.05, 4.69) is 18.8 Å². The number of hydrogen-bond acceptors (Lipinski definition) is 2. The smallest absolute Gasteiger partial charge is 0.0576 e. The van der Waals surface area contributed by atoms with Crippen molar-refractivity contribution in [2.75, 3.05) is 13.7 Å². The van der Waals surface area contributed by atoms with Crippen LogP contribution < -0.4 is 5.32 Å². The minimum absolute atomic E-state index is 0.499. The summed E-state index contributed by atoms with van der Waals surface area (Å²) in [5, 5.41) is 3.33. The van der Waals surface area contributed by atoms with Crippen LogP contribution in [0.3, 0.4) is 0 Å². The van der Waals surface area contributed by atoms with E-state index >= 15 is 0 Å². The van der Waals surface area contributed by atoms with E-state index < -0.39 is 0 Å². The minimum Gasteiger partial charge on any atom is -0.378 e. The van der Waals surface area contributed by atoms with Gasteiger partial charge in [0.2, 0.25) is 0 Å². The summed E-state index contributed by atoms with van der Waals surface area (Å²) in [6.45, 7) is 6.78. The summed E-state index contributed by atoms with van der Waals surface area (Å²) in [4.78, 5) is 0. The van der Waals surface area contributed by atoms with Crippen LogP contribution in [0.15, 0.2) is 12.2 Å². The highest BCUT2D eigenvalue weighted by molar-refractivity contribution is 4.87. The molecule has 0 atom stereocenters. The first-order valence-electron chi connectivity index (χ1n) is 5.65. The maximum atomic E-state index is 5.80. The number of hydrogen-bond donors (Lipinski definition) is 1. The first kappa shape index (κ1) is 11.7. The van der Waals surface area contributed by atoms with Crippen LogP contribution in [0.5, 0.6) is 0 Å². The monoisotopic (exact) mass is 197 g/mol. The lowest BCUT2D eigenvalue weighted by molar-refractivity contribution is 0.0249. The first-order valence-corrected chi connectivity index (χ1v) is 5.65. The summed E-state index contributed by atoms with van der Waals surface area (Å²) in [5.41, 5.74) is 1.22. The van der Waals surface area contributed by atoms with Gasteiger partial charge in [-0.25, -0.2) is 0 Å². The molecule has 0 amide bonds. The third kappa shape index (κ3) is 4.25. The van der Waals surface area contributed by atoms with Crippen molar-refractivity contribution in [2.45, 2.75) is 51.2 Å². The van der Waals surface area contributed by atoms with Gasteiger partial charge < -0.3 is 10.1 Å². The molecule has 1 rings (SSSR count). The Bertz CT molecular complexity index is 171. The van der Waals surface area contributed by atoms with E-state index in [1.807, 2.05) is 7.05 Å². The molecule has 0 aliphatic heterocycles. The van der Waals surface area contributed by atoms with E-state index in [1.165, 1.54) is 31.3 Å². The van der Waals surface area contributed by atoms with E-state index in [0.29, 0.717) is 6.10 Å². The average molecular weight is 197 g/mol. The van der Waals surface area contributed by atoms with Crippen molar-refractivity contribution >= 4 is 0 Å². The SMILES string of the molecule is C=C(C)CCOC1CCC(NC)CC1. The molecular formula is C12H23NO. The van der Waals surface area contributed by atoms with Crippen molar-refractivity contribution < 1.29 is 4.74 Å². The first-order chi connectivity index (χ1) is 6.72. The van der Waals surface area contributed by atoms with E-state index in [4.69, 9.17) is 4.74 Å². The van der Waals surface area contributed by atoms with E-state index in [-0.39, 0.29) is 0 Å². The number of rotatable bonds is 5. The molecule has 1 saturated carbocycles. The van der Waals surface area contributed by atoms with Crippen LogP contribution >= 0.6 is 0 Å². The van der Waals surface area contributed by atoms with Crippen LogP contribution in [-0.2, 0) is 4.74 Å². The lowest BCUT2D eigenvalue weighted by atomic mass is 9.93. The summed E-state index contributed by atoms with van der Waals surface area (Å²) in [7, 11) is 2.05. The highest BCUT2D eigenvalue weighted by Crippen LogP contribution is 2.21. The average Bonchev–Trinajstić information content (AvgIpc) is 2.18. The largest absolute Gasteiger partial charge is 0.378 e. The molecule has 0 saturated heterocycles. The third-order valence-corrected chi connectivity index (χ3v) is 2.96. The van der Waals surface area contributed by atoms with Gasteiger partial charge in [0.15, 0.2) is 0 Å². The maximum absolute atomic E-state index is 5.80. The van der Waals surface area contributed by atoms with Gasteiger partial charge in [0.25, 0.3) is 0 Å². The second-order valence-electron chi connectivity index (χ2n) is 4.34. The van der Waals surface area contributed by atoms with Crippen LogP contribution in [-0.4, -0.2) is 25.8 Å². The molecular weight excluding hydrogens is 174 g/mol. The van der Waals surface area contributed by atoms with Gasteiger partial charge in [0, 0.05) is 6.04 Å². The zero-order valence-electron chi connectivity index (χ0n) is 9.51. The fourth-order valence-corrected chi connectivity index (χ4v) is 1.92. The van der Waals surface area contributed by atoms with Crippen molar-refractivity contribution in [3.63, 3.8) is 0 Å². The van der Waals surface area contributed by atoms with Crippen molar-refractivity contribution in [1.29, 1.82) is 0 Å². The zero-order valence-corrected chi connectivity index (χ0v) is 9.51. The highest BCUT2D eigenvalue weighted by atomic mass is 16.5. The highest BCUT2D eigenvalue weighted by Gasteiger charge is 2.19. The fraction of sp³-hybridized carbons (Fsp3) is 0.833. The lowest BCUT2D eigenvalue weighted by Gasteiger charge is -2.28. The molecule has 0 spiro atoms.